The Morgan fingerprint density at radius 2 is 1.65 bits per heavy atom. The largest absolute Gasteiger partial charge is 0.495 e. The van der Waals surface area contributed by atoms with Gasteiger partial charge < -0.3 is 24.8 Å². The van der Waals surface area contributed by atoms with E-state index in [0.717, 1.165) is 10.9 Å². The first-order valence-corrected chi connectivity index (χ1v) is 10.5. The highest BCUT2D eigenvalue weighted by atomic mass is 16.5. The molecular formula is C26H23N3O5. The van der Waals surface area contributed by atoms with Crippen molar-refractivity contribution in [3.05, 3.63) is 84.6 Å². The van der Waals surface area contributed by atoms with E-state index in [-0.39, 0.29) is 18.4 Å². The van der Waals surface area contributed by atoms with Gasteiger partial charge >= 0.3 is 0 Å². The number of amides is 2. The molecule has 4 rings (SSSR count). The van der Waals surface area contributed by atoms with Crippen LogP contribution in [0.2, 0.25) is 0 Å². The molecule has 0 aliphatic rings. The van der Waals surface area contributed by atoms with Gasteiger partial charge in [0.25, 0.3) is 11.8 Å². The van der Waals surface area contributed by atoms with Gasteiger partial charge in [-0.05, 0) is 54.6 Å². The van der Waals surface area contributed by atoms with Crippen molar-refractivity contribution in [2.75, 3.05) is 31.5 Å². The van der Waals surface area contributed by atoms with Crippen LogP contribution in [0.4, 0.5) is 11.4 Å². The smallest absolute Gasteiger partial charge is 0.262 e. The molecule has 1 aromatic heterocycles. The topological polar surface area (TPSA) is 98.8 Å². The Balaban J connectivity index is 1.41. The number of rotatable bonds is 8. The maximum atomic E-state index is 12.8. The van der Waals surface area contributed by atoms with Crippen molar-refractivity contribution in [2.24, 2.45) is 0 Å². The number of hydrogen-bond donors (Lipinski definition) is 2. The Morgan fingerprint density at radius 1 is 0.824 bits per heavy atom. The summed E-state index contributed by atoms with van der Waals surface area (Å²) in [6, 6.07) is 21.1. The average molecular weight is 457 g/mol. The van der Waals surface area contributed by atoms with Crippen LogP contribution in [0, 0.1) is 0 Å². The van der Waals surface area contributed by atoms with E-state index in [1.54, 1.807) is 48.7 Å². The third-order valence-electron chi connectivity index (χ3n) is 5.03. The van der Waals surface area contributed by atoms with Crippen molar-refractivity contribution in [1.29, 1.82) is 0 Å². The summed E-state index contributed by atoms with van der Waals surface area (Å²) in [6.45, 7) is -0.245. The standard InChI is InChI=1S/C26H23N3O5/c1-32-22-8-4-3-7-21(22)29-25(30)16-34-23-12-9-18(15-24(23)33-2)26(31)28-19-10-11-20-17(14-19)6-5-13-27-20/h3-15H,16H2,1-2H3,(H,28,31)(H,29,30). The van der Waals surface area contributed by atoms with Crippen LogP contribution in [-0.4, -0.2) is 37.6 Å². The average Bonchev–Trinajstić information content (AvgIpc) is 2.87. The van der Waals surface area contributed by atoms with E-state index in [9.17, 15) is 9.59 Å². The zero-order valence-corrected chi connectivity index (χ0v) is 18.7. The minimum atomic E-state index is -0.362. The molecule has 0 unspecified atom stereocenters. The molecule has 0 fully saturated rings. The zero-order valence-electron chi connectivity index (χ0n) is 18.7. The first-order chi connectivity index (χ1) is 16.6. The van der Waals surface area contributed by atoms with Gasteiger partial charge in [-0.1, -0.05) is 18.2 Å². The van der Waals surface area contributed by atoms with Gasteiger partial charge in [0, 0.05) is 22.8 Å². The van der Waals surface area contributed by atoms with Crippen molar-refractivity contribution in [3.8, 4) is 17.2 Å². The van der Waals surface area contributed by atoms with Crippen molar-refractivity contribution in [1.82, 2.24) is 4.98 Å². The summed E-state index contributed by atoms with van der Waals surface area (Å²) in [5, 5.41) is 6.53. The molecule has 2 N–H and O–H groups in total. The second-order valence-electron chi connectivity index (χ2n) is 7.27. The summed E-state index contributed by atoms with van der Waals surface area (Å²) in [4.78, 5) is 29.4. The Morgan fingerprint density at radius 3 is 2.47 bits per heavy atom. The second-order valence-corrected chi connectivity index (χ2v) is 7.27. The molecule has 0 atom stereocenters. The van der Waals surface area contributed by atoms with Crippen LogP contribution in [0.25, 0.3) is 10.9 Å². The van der Waals surface area contributed by atoms with E-state index in [0.29, 0.717) is 34.2 Å². The molecule has 8 heteroatoms. The molecule has 0 bridgehead atoms. The number of methoxy groups -OCH3 is 2. The van der Waals surface area contributed by atoms with Gasteiger partial charge in [-0.2, -0.15) is 0 Å². The highest BCUT2D eigenvalue weighted by Gasteiger charge is 2.14. The van der Waals surface area contributed by atoms with Gasteiger partial charge in [0.1, 0.15) is 5.75 Å². The number of para-hydroxylation sites is 2. The van der Waals surface area contributed by atoms with Crippen LogP contribution in [0.3, 0.4) is 0 Å². The molecule has 172 valence electrons. The number of benzene rings is 3. The fraction of sp³-hybridized carbons (Fsp3) is 0.115. The van der Waals surface area contributed by atoms with Gasteiger partial charge in [-0.15, -0.1) is 0 Å². The Labute approximate surface area is 196 Å². The molecule has 0 saturated carbocycles. The number of carbonyl (C=O) groups excluding carboxylic acids is 2. The van der Waals surface area contributed by atoms with Crippen LogP contribution >= 0.6 is 0 Å². The molecule has 0 aliphatic heterocycles. The number of carbonyl (C=O) groups is 2. The summed E-state index contributed by atoms with van der Waals surface area (Å²) >= 11 is 0. The fourth-order valence-corrected chi connectivity index (χ4v) is 3.36. The number of nitrogens with one attached hydrogen (secondary N) is 2. The number of aromatic nitrogens is 1. The molecule has 4 aromatic rings. The predicted molar refractivity (Wildman–Crippen MR) is 130 cm³/mol. The molecule has 0 spiro atoms. The first kappa shape index (κ1) is 22.6. The van der Waals surface area contributed by atoms with E-state index in [1.165, 1.54) is 14.2 Å². The summed E-state index contributed by atoms with van der Waals surface area (Å²) in [5.74, 6) is 0.555. The lowest BCUT2D eigenvalue weighted by Gasteiger charge is -2.13. The Bertz CT molecular complexity index is 1340. The highest BCUT2D eigenvalue weighted by Crippen LogP contribution is 2.29. The third kappa shape index (κ3) is 5.24. The van der Waals surface area contributed by atoms with Crippen LogP contribution < -0.4 is 24.8 Å². The quantitative estimate of drug-likeness (QED) is 0.404. The number of nitrogens with zero attached hydrogens (tertiary/aromatic N) is 1. The molecular weight excluding hydrogens is 434 g/mol. The predicted octanol–water partition coefficient (Wildman–Crippen LogP) is 4.52. The summed E-state index contributed by atoms with van der Waals surface area (Å²) in [6.07, 6.45) is 1.72. The summed E-state index contributed by atoms with van der Waals surface area (Å²) < 4.78 is 16.2. The number of hydrogen-bond acceptors (Lipinski definition) is 6. The van der Waals surface area contributed by atoms with Crippen LogP contribution in [0.15, 0.2) is 79.0 Å². The molecule has 3 aromatic carbocycles. The third-order valence-corrected chi connectivity index (χ3v) is 5.03. The minimum absolute atomic E-state index is 0.245. The number of anilines is 2. The van der Waals surface area contributed by atoms with E-state index in [1.807, 2.05) is 30.3 Å². The van der Waals surface area contributed by atoms with Gasteiger partial charge in [-0.3, -0.25) is 14.6 Å². The zero-order chi connectivity index (χ0) is 23.9. The fourth-order valence-electron chi connectivity index (χ4n) is 3.36. The summed E-state index contributed by atoms with van der Waals surface area (Å²) in [5.41, 5.74) is 2.42. The number of pyridine rings is 1. The highest BCUT2D eigenvalue weighted by molar-refractivity contribution is 6.05. The molecule has 2 amide bonds. The lowest BCUT2D eigenvalue weighted by Crippen LogP contribution is -2.20. The molecule has 34 heavy (non-hydrogen) atoms. The first-order valence-electron chi connectivity index (χ1n) is 10.5. The van der Waals surface area contributed by atoms with Gasteiger partial charge in [-0.25, -0.2) is 0 Å². The Kier molecular flexibility index (Phi) is 6.88. The SMILES string of the molecule is COc1ccccc1NC(=O)COc1ccc(C(=O)Nc2ccc3ncccc3c2)cc1OC. The van der Waals surface area contributed by atoms with E-state index >= 15 is 0 Å². The van der Waals surface area contributed by atoms with Crippen molar-refractivity contribution < 1.29 is 23.8 Å². The molecule has 1 heterocycles. The van der Waals surface area contributed by atoms with E-state index in [2.05, 4.69) is 15.6 Å². The molecule has 8 nitrogen and oxygen atoms in total. The monoisotopic (exact) mass is 457 g/mol. The van der Waals surface area contributed by atoms with Gasteiger partial charge in [0.15, 0.2) is 18.1 Å². The Hall–Kier alpha value is -4.59. The normalized spacial score (nSPS) is 10.4. The van der Waals surface area contributed by atoms with Crippen LogP contribution in [0.1, 0.15) is 10.4 Å². The van der Waals surface area contributed by atoms with Crippen LogP contribution in [0.5, 0.6) is 17.2 Å². The minimum Gasteiger partial charge on any atom is -0.495 e. The maximum absolute atomic E-state index is 12.8. The maximum Gasteiger partial charge on any atom is 0.262 e. The summed E-state index contributed by atoms with van der Waals surface area (Å²) in [7, 11) is 3.00. The van der Waals surface area contributed by atoms with Crippen molar-refractivity contribution in [3.63, 3.8) is 0 Å². The molecule has 0 aliphatic carbocycles. The van der Waals surface area contributed by atoms with Crippen molar-refractivity contribution >= 4 is 34.1 Å². The molecule has 0 saturated heterocycles. The van der Waals surface area contributed by atoms with Gasteiger partial charge in [0.05, 0.1) is 25.4 Å². The van der Waals surface area contributed by atoms with Crippen molar-refractivity contribution in [2.45, 2.75) is 0 Å². The van der Waals surface area contributed by atoms with E-state index in [4.69, 9.17) is 14.2 Å². The van der Waals surface area contributed by atoms with Gasteiger partial charge in [0.2, 0.25) is 0 Å². The molecule has 0 radical (unpaired) electrons. The lowest BCUT2D eigenvalue weighted by molar-refractivity contribution is -0.118. The van der Waals surface area contributed by atoms with Crippen LogP contribution in [-0.2, 0) is 4.79 Å². The number of fused-ring (bicyclic) bond motifs is 1. The number of ether oxygens (including phenoxy) is 3. The second kappa shape index (κ2) is 10.4. The lowest BCUT2D eigenvalue weighted by atomic mass is 10.1. The van der Waals surface area contributed by atoms with E-state index < -0.39 is 0 Å².